The van der Waals surface area contributed by atoms with Gasteiger partial charge in [-0.1, -0.05) is 80.6 Å². The van der Waals surface area contributed by atoms with Crippen LogP contribution in [0.1, 0.15) is 75.8 Å². The number of H-pyrrole nitrogens is 1. The maximum atomic E-state index is 14.1. The number of fused-ring (bicyclic) bond motifs is 1. The molecule has 262 valence electrons. The Kier molecular flexibility index (Phi) is 12.9. The van der Waals surface area contributed by atoms with E-state index in [-0.39, 0.29) is 31.6 Å². The molecule has 0 spiro atoms. The Bertz CT molecular complexity index is 1640. The van der Waals surface area contributed by atoms with Crippen LogP contribution in [0.5, 0.6) is 0 Å². The monoisotopic (exact) mass is 674 g/mol. The highest BCUT2D eigenvalue weighted by Gasteiger charge is 2.39. The second-order valence-electron chi connectivity index (χ2n) is 12.9. The highest BCUT2D eigenvalue weighted by molar-refractivity contribution is 5.98. The van der Waals surface area contributed by atoms with Gasteiger partial charge >= 0.3 is 5.97 Å². The van der Waals surface area contributed by atoms with Crippen LogP contribution in [0, 0.1) is 0 Å². The van der Waals surface area contributed by atoms with Crippen molar-refractivity contribution in [1.29, 1.82) is 0 Å². The van der Waals surface area contributed by atoms with E-state index in [4.69, 9.17) is 5.73 Å². The van der Waals surface area contributed by atoms with Crippen molar-refractivity contribution in [3.63, 3.8) is 0 Å². The summed E-state index contributed by atoms with van der Waals surface area (Å²) in [4.78, 5) is 81.5. The molecule has 0 saturated carbocycles. The van der Waals surface area contributed by atoms with Crippen LogP contribution in [0.25, 0.3) is 10.9 Å². The van der Waals surface area contributed by atoms with Crippen LogP contribution in [-0.4, -0.2) is 69.3 Å². The number of nitrogens with two attached hydrogens (primary N) is 1. The minimum absolute atomic E-state index is 0.0645. The van der Waals surface area contributed by atoms with Gasteiger partial charge in [-0.3, -0.25) is 28.8 Å². The van der Waals surface area contributed by atoms with Crippen molar-refractivity contribution in [2.75, 3.05) is 0 Å². The molecule has 0 radical (unpaired) electrons. The molecular weight excluding hydrogens is 628 g/mol. The van der Waals surface area contributed by atoms with E-state index in [9.17, 15) is 33.9 Å². The summed E-state index contributed by atoms with van der Waals surface area (Å²) >= 11 is 0. The van der Waals surface area contributed by atoms with Crippen molar-refractivity contribution in [2.24, 2.45) is 5.73 Å². The van der Waals surface area contributed by atoms with Gasteiger partial charge < -0.3 is 37.1 Å². The topological polar surface area (TPSA) is 213 Å². The summed E-state index contributed by atoms with van der Waals surface area (Å²) in [5.41, 5.74) is 6.49. The summed E-state index contributed by atoms with van der Waals surface area (Å²) in [6.45, 7) is 1.61. The Labute approximate surface area is 285 Å². The van der Waals surface area contributed by atoms with Crippen LogP contribution in [0.4, 0.5) is 0 Å². The third kappa shape index (κ3) is 10.6. The zero-order valence-corrected chi connectivity index (χ0v) is 27.8. The van der Waals surface area contributed by atoms with Crippen LogP contribution in [-0.2, 0) is 41.6 Å². The van der Waals surface area contributed by atoms with Crippen LogP contribution < -0.4 is 27.0 Å². The fraction of sp³-hybridized carbons (Fsp3) is 0.444. The number of carbonyl (C=O) groups is 6. The molecule has 1 aliphatic heterocycles. The predicted molar refractivity (Wildman–Crippen MR) is 183 cm³/mol. The quantitative estimate of drug-likeness (QED) is 0.161. The second-order valence-corrected chi connectivity index (χ2v) is 12.9. The fourth-order valence-corrected chi connectivity index (χ4v) is 6.14. The van der Waals surface area contributed by atoms with Crippen LogP contribution in [0.15, 0.2) is 60.8 Å². The number of carboxylic acids is 1. The van der Waals surface area contributed by atoms with E-state index in [0.717, 1.165) is 47.7 Å². The molecule has 0 bridgehead atoms. The number of primary amides is 1. The number of nitrogens with one attached hydrogen (secondary N) is 5. The molecular formula is C36H46N6O7. The number of para-hydroxylation sites is 1. The van der Waals surface area contributed by atoms with Crippen molar-refractivity contribution in [2.45, 2.75) is 101 Å². The number of aliphatic carboxylic acids is 1. The molecule has 0 unspecified atom stereocenters. The molecule has 1 saturated heterocycles. The molecule has 13 heteroatoms. The SMILES string of the molecule is C[C@]1(Cc2c[nH]c3ccccc23)NC(=O)CCCCCCCC[C@@H](C(=O)N[C@@H](CC(=O)O)C(=O)N[C@@H](Cc2ccccc2)C(N)=O)NC1=O. The van der Waals surface area contributed by atoms with E-state index in [1.54, 1.807) is 43.5 Å². The highest BCUT2D eigenvalue weighted by atomic mass is 16.4. The van der Waals surface area contributed by atoms with E-state index < -0.39 is 59.7 Å². The second kappa shape index (κ2) is 17.3. The van der Waals surface area contributed by atoms with E-state index in [0.29, 0.717) is 12.8 Å². The lowest BCUT2D eigenvalue weighted by Crippen LogP contribution is -2.62. The Morgan fingerprint density at radius 2 is 1.59 bits per heavy atom. The van der Waals surface area contributed by atoms with E-state index >= 15 is 0 Å². The summed E-state index contributed by atoms with van der Waals surface area (Å²) in [5.74, 6) is -4.73. The van der Waals surface area contributed by atoms with Gasteiger partial charge in [-0.15, -0.1) is 0 Å². The largest absolute Gasteiger partial charge is 0.481 e. The number of carbonyl (C=O) groups excluding carboxylic acids is 5. The summed E-state index contributed by atoms with van der Waals surface area (Å²) in [6, 6.07) is 12.6. The average molecular weight is 675 g/mol. The lowest BCUT2D eigenvalue weighted by molar-refractivity contribution is -0.141. The molecule has 2 heterocycles. The number of carboxylic acid groups (broad SMARTS) is 1. The fourth-order valence-electron chi connectivity index (χ4n) is 6.14. The van der Waals surface area contributed by atoms with Gasteiger partial charge in [0.1, 0.15) is 23.7 Å². The first-order valence-corrected chi connectivity index (χ1v) is 16.8. The lowest BCUT2D eigenvalue weighted by Gasteiger charge is -2.32. The van der Waals surface area contributed by atoms with E-state index in [1.165, 1.54) is 0 Å². The number of aromatic nitrogens is 1. The van der Waals surface area contributed by atoms with Gasteiger partial charge in [-0.05, 0) is 37.0 Å². The summed E-state index contributed by atoms with van der Waals surface area (Å²) in [6.07, 6.45) is 6.37. The molecule has 13 nitrogen and oxygen atoms in total. The highest BCUT2D eigenvalue weighted by Crippen LogP contribution is 2.24. The number of hydrogen-bond donors (Lipinski definition) is 7. The Balaban J connectivity index is 1.56. The van der Waals surface area contributed by atoms with Gasteiger partial charge in [0, 0.05) is 36.4 Å². The summed E-state index contributed by atoms with van der Waals surface area (Å²) in [7, 11) is 0. The van der Waals surface area contributed by atoms with Crippen LogP contribution >= 0.6 is 0 Å². The van der Waals surface area contributed by atoms with Crippen molar-refractivity contribution in [1.82, 2.24) is 26.3 Å². The van der Waals surface area contributed by atoms with Crippen LogP contribution in [0.3, 0.4) is 0 Å². The van der Waals surface area contributed by atoms with Crippen LogP contribution in [0.2, 0.25) is 0 Å². The van der Waals surface area contributed by atoms with Crippen molar-refractivity contribution in [3.8, 4) is 0 Å². The zero-order valence-electron chi connectivity index (χ0n) is 27.8. The van der Waals surface area contributed by atoms with Crippen molar-refractivity contribution < 1.29 is 33.9 Å². The van der Waals surface area contributed by atoms with Gasteiger partial charge in [-0.2, -0.15) is 0 Å². The van der Waals surface area contributed by atoms with E-state index in [2.05, 4.69) is 26.3 Å². The minimum atomic E-state index is -1.56. The summed E-state index contributed by atoms with van der Waals surface area (Å²) in [5, 5.41) is 21.2. The lowest BCUT2D eigenvalue weighted by atomic mass is 9.90. The predicted octanol–water partition coefficient (Wildman–Crippen LogP) is 2.38. The molecule has 8 N–H and O–H groups in total. The number of rotatable bonds is 11. The van der Waals surface area contributed by atoms with Gasteiger partial charge in [0.2, 0.25) is 29.5 Å². The smallest absolute Gasteiger partial charge is 0.305 e. The van der Waals surface area contributed by atoms with Crippen molar-refractivity contribution in [3.05, 3.63) is 71.9 Å². The molecule has 3 aromatic rings. The first-order valence-electron chi connectivity index (χ1n) is 16.8. The van der Waals surface area contributed by atoms with Gasteiger partial charge in [0.25, 0.3) is 0 Å². The van der Waals surface area contributed by atoms with Gasteiger partial charge in [-0.25, -0.2) is 0 Å². The molecule has 1 aromatic heterocycles. The summed E-state index contributed by atoms with van der Waals surface area (Å²) < 4.78 is 0. The van der Waals surface area contributed by atoms with Crippen molar-refractivity contribution >= 4 is 46.4 Å². The molecule has 1 aliphatic rings. The van der Waals surface area contributed by atoms with Gasteiger partial charge in [0.15, 0.2) is 0 Å². The molecule has 49 heavy (non-hydrogen) atoms. The third-order valence-corrected chi connectivity index (χ3v) is 8.86. The molecule has 2 aromatic carbocycles. The minimum Gasteiger partial charge on any atom is -0.481 e. The average Bonchev–Trinajstić information content (AvgIpc) is 3.46. The molecule has 4 rings (SSSR count). The standard InChI is InChI=1S/C36H46N6O7/c1-36(21-24-22-38-26-16-12-11-15-25(24)26)35(49)41-27(17-9-4-2-3-5-10-18-30(43)42-36)33(47)40-29(20-31(44)45)34(48)39-28(32(37)46)19-23-13-7-6-8-14-23/h6-8,11-16,22,27-29,38H,2-5,9-10,17-21H2,1H3,(H2,37,46)(H,39,48)(H,40,47)(H,41,49)(H,42,43)(H,44,45)/t27-,28-,29-,36+/m0/s1. The first kappa shape index (κ1) is 36.6. The Morgan fingerprint density at radius 1 is 0.918 bits per heavy atom. The first-order chi connectivity index (χ1) is 23.4. The maximum Gasteiger partial charge on any atom is 0.305 e. The molecule has 5 amide bonds. The normalized spacial score (nSPS) is 20.6. The third-order valence-electron chi connectivity index (χ3n) is 8.86. The molecule has 0 aliphatic carbocycles. The Hall–Kier alpha value is -5.20. The number of hydrogen-bond acceptors (Lipinski definition) is 6. The zero-order chi connectivity index (χ0) is 35.4. The number of benzene rings is 2. The number of aromatic amines is 1. The van der Waals surface area contributed by atoms with Gasteiger partial charge in [0.05, 0.1) is 6.42 Å². The Morgan fingerprint density at radius 3 is 2.31 bits per heavy atom. The molecule has 1 fully saturated rings. The maximum absolute atomic E-state index is 14.1. The van der Waals surface area contributed by atoms with E-state index in [1.807, 2.05) is 24.3 Å². The molecule has 4 atom stereocenters. The number of amides is 5.